The lowest BCUT2D eigenvalue weighted by molar-refractivity contribution is 0.129. The van der Waals surface area contributed by atoms with Crippen LogP contribution in [0.4, 0.5) is 5.69 Å². The summed E-state index contributed by atoms with van der Waals surface area (Å²) in [7, 11) is -1.45. The van der Waals surface area contributed by atoms with Crippen LogP contribution in [0.15, 0.2) is 29.2 Å². The largest absolute Gasteiger partial charge is 0.382 e. The number of anilines is 1. The van der Waals surface area contributed by atoms with Crippen LogP contribution in [0.25, 0.3) is 0 Å². The molecule has 0 radical (unpaired) electrons. The van der Waals surface area contributed by atoms with E-state index in [2.05, 4.69) is 5.32 Å². The van der Waals surface area contributed by atoms with Gasteiger partial charge in [-0.1, -0.05) is 6.92 Å². The molecule has 0 spiro atoms. The molecule has 0 aliphatic carbocycles. The molecule has 0 saturated carbocycles. The first-order valence-electron chi connectivity index (χ1n) is 5.59. The predicted molar refractivity (Wildman–Crippen MR) is 69.1 cm³/mol. The van der Waals surface area contributed by atoms with Crippen molar-refractivity contribution >= 4 is 15.5 Å². The fourth-order valence-electron chi connectivity index (χ4n) is 1.29. The molecule has 0 aromatic heterocycles. The molecule has 1 aromatic rings. The highest BCUT2D eigenvalue weighted by molar-refractivity contribution is 7.91. The Bertz CT molecular complexity index is 439. The van der Waals surface area contributed by atoms with Gasteiger partial charge in [0.15, 0.2) is 9.84 Å². The van der Waals surface area contributed by atoms with Crippen molar-refractivity contribution < 1.29 is 13.2 Å². The summed E-state index contributed by atoms with van der Waals surface area (Å²) < 4.78 is 28.3. The normalized spacial score (nSPS) is 13.4. The summed E-state index contributed by atoms with van der Waals surface area (Å²) in [6.07, 6.45) is 0.119. The summed E-state index contributed by atoms with van der Waals surface area (Å²) in [5.41, 5.74) is 0.893. The van der Waals surface area contributed by atoms with Crippen molar-refractivity contribution in [2.45, 2.75) is 24.8 Å². The molecule has 0 amide bonds. The molecule has 1 N–H and O–H groups in total. The Kier molecular flexibility index (Phi) is 4.96. The van der Waals surface area contributed by atoms with E-state index < -0.39 is 9.84 Å². The van der Waals surface area contributed by atoms with Crippen molar-refractivity contribution in [2.75, 3.05) is 24.7 Å². The van der Waals surface area contributed by atoms with Gasteiger partial charge in [-0.15, -0.1) is 0 Å². The minimum atomic E-state index is -3.10. The first-order chi connectivity index (χ1) is 7.99. The SMILES string of the molecule is CCS(=O)(=O)c1ccc(NCC(C)OC)cc1. The summed E-state index contributed by atoms with van der Waals surface area (Å²) in [5, 5.41) is 3.17. The Morgan fingerprint density at radius 2 is 1.88 bits per heavy atom. The zero-order valence-electron chi connectivity index (χ0n) is 10.4. The fourth-order valence-corrected chi connectivity index (χ4v) is 2.18. The predicted octanol–water partition coefficient (Wildman–Crippen LogP) is 1.93. The highest BCUT2D eigenvalue weighted by Gasteiger charge is 2.10. The van der Waals surface area contributed by atoms with Crippen LogP contribution in [-0.4, -0.2) is 33.9 Å². The van der Waals surface area contributed by atoms with Crippen LogP contribution in [-0.2, 0) is 14.6 Å². The van der Waals surface area contributed by atoms with Crippen LogP contribution in [0.1, 0.15) is 13.8 Å². The van der Waals surface area contributed by atoms with Gasteiger partial charge < -0.3 is 10.1 Å². The van der Waals surface area contributed by atoms with Crippen LogP contribution in [0.2, 0.25) is 0 Å². The van der Waals surface area contributed by atoms with Gasteiger partial charge in [-0.3, -0.25) is 0 Å². The van der Waals surface area contributed by atoms with E-state index in [4.69, 9.17) is 4.74 Å². The highest BCUT2D eigenvalue weighted by Crippen LogP contribution is 2.15. The lowest BCUT2D eigenvalue weighted by Gasteiger charge is -2.12. The highest BCUT2D eigenvalue weighted by atomic mass is 32.2. The van der Waals surface area contributed by atoms with Gasteiger partial charge in [-0.05, 0) is 31.2 Å². The molecule has 4 nitrogen and oxygen atoms in total. The number of benzene rings is 1. The third kappa shape index (κ3) is 4.02. The van der Waals surface area contributed by atoms with Gasteiger partial charge in [0.1, 0.15) is 0 Å². The molecule has 0 saturated heterocycles. The third-order valence-electron chi connectivity index (χ3n) is 2.59. The molecule has 0 fully saturated rings. The van der Waals surface area contributed by atoms with Crippen molar-refractivity contribution in [3.05, 3.63) is 24.3 Å². The Labute approximate surface area is 103 Å². The first-order valence-corrected chi connectivity index (χ1v) is 7.24. The molecule has 1 rings (SSSR count). The number of ether oxygens (including phenoxy) is 1. The van der Waals surface area contributed by atoms with Gasteiger partial charge in [0, 0.05) is 19.3 Å². The second kappa shape index (κ2) is 6.02. The molecular formula is C12H19NO3S. The van der Waals surface area contributed by atoms with Gasteiger partial charge in [0.2, 0.25) is 0 Å². The van der Waals surface area contributed by atoms with E-state index in [1.54, 1.807) is 38.3 Å². The summed E-state index contributed by atoms with van der Waals surface area (Å²) >= 11 is 0. The number of hydrogen-bond acceptors (Lipinski definition) is 4. The van der Waals surface area contributed by atoms with Gasteiger partial charge in [-0.25, -0.2) is 8.42 Å². The summed E-state index contributed by atoms with van der Waals surface area (Å²) in [6, 6.07) is 6.78. The minimum absolute atomic E-state index is 0.119. The lowest BCUT2D eigenvalue weighted by Crippen LogP contribution is -2.18. The molecule has 5 heteroatoms. The van der Waals surface area contributed by atoms with Crippen molar-refractivity contribution in [1.29, 1.82) is 0 Å². The van der Waals surface area contributed by atoms with Crippen LogP contribution >= 0.6 is 0 Å². The Morgan fingerprint density at radius 1 is 1.29 bits per heavy atom. The third-order valence-corrected chi connectivity index (χ3v) is 4.34. The second-order valence-electron chi connectivity index (χ2n) is 3.86. The molecule has 1 aromatic carbocycles. The van der Waals surface area contributed by atoms with E-state index in [0.29, 0.717) is 11.4 Å². The zero-order chi connectivity index (χ0) is 12.9. The quantitative estimate of drug-likeness (QED) is 0.846. The van der Waals surface area contributed by atoms with E-state index in [1.165, 1.54) is 0 Å². The average Bonchev–Trinajstić information content (AvgIpc) is 2.36. The topological polar surface area (TPSA) is 55.4 Å². The van der Waals surface area contributed by atoms with Crippen LogP contribution in [0, 0.1) is 0 Å². The molecule has 1 atom stereocenters. The Hall–Kier alpha value is -1.07. The van der Waals surface area contributed by atoms with E-state index in [9.17, 15) is 8.42 Å². The van der Waals surface area contributed by atoms with E-state index in [1.807, 2.05) is 6.92 Å². The molecule has 0 heterocycles. The maximum Gasteiger partial charge on any atom is 0.178 e. The van der Waals surface area contributed by atoms with E-state index in [0.717, 1.165) is 5.69 Å². The molecule has 1 unspecified atom stereocenters. The minimum Gasteiger partial charge on any atom is -0.382 e. The number of methoxy groups -OCH3 is 1. The van der Waals surface area contributed by atoms with Crippen molar-refractivity contribution in [3.63, 3.8) is 0 Å². The molecular weight excluding hydrogens is 238 g/mol. The van der Waals surface area contributed by atoms with Gasteiger partial charge >= 0.3 is 0 Å². The van der Waals surface area contributed by atoms with Crippen molar-refractivity contribution in [2.24, 2.45) is 0 Å². The molecule has 0 aliphatic heterocycles. The van der Waals surface area contributed by atoms with Gasteiger partial charge in [-0.2, -0.15) is 0 Å². The van der Waals surface area contributed by atoms with Crippen LogP contribution < -0.4 is 5.32 Å². The molecule has 17 heavy (non-hydrogen) atoms. The molecule has 96 valence electrons. The number of nitrogens with one attached hydrogen (secondary N) is 1. The molecule has 0 bridgehead atoms. The second-order valence-corrected chi connectivity index (χ2v) is 6.13. The smallest absolute Gasteiger partial charge is 0.178 e. The van der Waals surface area contributed by atoms with E-state index in [-0.39, 0.29) is 11.9 Å². The Morgan fingerprint density at radius 3 is 2.35 bits per heavy atom. The van der Waals surface area contributed by atoms with Crippen molar-refractivity contribution in [3.8, 4) is 0 Å². The zero-order valence-corrected chi connectivity index (χ0v) is 11.3. The maximum absolute atomic E-state index is 11.6. The van der Waals surface area contributed by atoms with Gasteiger partial charge in [0.25, 0.3) is 0 Å². The maximum atomic E-state index is 11.6. The average molecular weight is 257 g/mol. The summed E-state index contributed by atoms with van der Waals surface area (Å²) in [4.78, 5) is 0.366. The van der Waals surface area contributed by atoms with Crippen LogP contribution in [0.3, 0.4) is 0 Å². The standard InChI is InChI=1S/C12H19NO3S/c1-4-17(14,15)12-7-5-11(6-8-12)13-9-10(2)16-3/h5-8,10,13H,4,9H2,1-3H3. The molecule has 0 aliphatic rings. The number of hydrogen-bond donors (Lipinski definition) is 1. The monoisotopic (exact) mass is 257 g/mol. The fraction of sp³-hybridized carbons (Fsp3) is 0.500. The number of rotatable bonds is 6. The van der Waals surface area contributed by atoms with Crippen molar-refractivity contribution in [1.82, 2.24) is 0 Å². The van der Waals surface area contributed by atoms with Gasteiger partial charge in [0.05, 0.1) is 16.8 Å². The van der Waals surface area contributed by atoms with E-state index >= 15 is 0 Å². The lowest BCUT2D eigenvalue weighted by atomic mass is 10.3. The first kappa shape index (κ1) is 14.0. The Balaban J connectivity index is 2.69. The van der Waals surface area contributed by atoms with Crippen LogP contribution in [0.5, 0.6) is 0 Å². The summed E-state index contributed by atoms with van der Waals surface area (Å²) in [6.45, 7) is 4.29. The summed E-state index contributed by atoms with van der Waals surface area (Å²) in [5.74, 6) is 0.125. The number of sulfone groups is 1.